The summed E-state index contributed by atoms with van der Waals surface area (Å²) in [7, 11) is 1.59. The number of rotatable bonds is 6. The lowest BCUT2D eigenvalue weighted by Crippen LogP contribution is -2.38. The molecule has 3 rings (SSSR count). The predicted molar refractivity (Wildman–Crippen MR) is 106 cm³/mol. The van der Waals surface area contributed by atoms with Crippen LogP contribution < -0.4 is 15.4 Å². The third-order valence-corrected chi connectivity index (χ3v) is 4.40. The van der Waals surface area contributed by atoms with E-state index in [4.69, 9.17) is 4.74 Å². The molecule has 0 aromatic heterocycles. The maximum atomic E-state index is 12.3. The first kappa shape index (κ1) is 18.5. The molecular weight excluding hydrogens is 340 g/mol. The molecule has 2 N–H and O–H groups in total. The van der Waals surface area contributed by atoms with Gasteiger partial charge in [0.1, 0.15) is 5.75 Å². The highest BCUT2D eigenvalue weighted by atomic mass is 16.5. The van der Waals surface area contributed by atoms with Gasteiger partial charge in [-0.3, -0.25) is 9.59 Å². The average molecular weight is 362 g/mol. The number of methoxy groups -OCH3 is 1. The largest absolute Gasteiger partial charge is 0.496 e. The number of hydrogen-bond acceptors (Lipinski definition) is 3. The maximum Gasteiger partial charge on any atom is 0.251 e. The van der Waals surface area contributed by atoms with Crippen molar-refractivity contribution in [3.8, 4) is 5.75 Å². The monoisotopic (exact) mass is 362 g/mol. The van der Waals surface area contributed by atoms with E-state index in [1.165, 1.54) is 0 Å². The van der Waals surface area contributed by atoms with Crippen LogP contribution in [0.3, 0.4) is 0 Å². The maximum absolute atomic E-state index is 12.3. The molecule has 0 radical (unpaired) electrons. The van der Waals surface area contributed by atoms with E-state index in [0.29, 0.717) is 11.3 Å². The summed E-state index contributed by atoms with van der Waals surface area (Å²) >= 11 is 0. The molecule has 0 aliphatic carbocycles. The van der Waals surface area contributed by atoms with Crippen LogP contribution in [0.2, 0.25) is 0 Å². The lowest BCUT2D eigenvalue weighted by atomic mass is 10.1. The first-order valence-electron chi connectivity index (χ1n) is 8.78. The van der Waals surface area contributed by atoms with Crippen LogP contribution >= 0.6 is 0 Å². The Morgan fingerprint density at radius 1 is 0.963 bits per heavy atom. The van der Waals surface area contributed by atoms with E-state index in [1.54, 1.807) is 13.2 Å². The van der Waals surface area contributed by atoms with E-state index in [1.807, 2.05) is 67.6 Å². The van der Waals surface area contributed by atoms with Crippen molar-refractivity contribution in [2.24, 2.45) is 0 Å². The molecule has 2 amide bonds. The summed E-state index contributed by atoms with van der Waals surface area (Å²) in [4.78, 5) is 24.5. The first-order chi connectivity index (χ1) is 13.1. The highest BCUT2D eigenvalue weighted by Crippen LogP contribution is 2.24. The van der Waals surface area contributed by atoms with Crippen molar-refractivity contribution in [2.75, 3.05) is 13.7 Å². The minimum atomic E-state index is -0.277. The molecule has 3 aromatic rings. The number of hydrogen-bond donors (Lipinski definition) is 2. The third kappa shape index (κ3) is 4.44. The molecule has 1 atom stereocenters. The number of carbonyl (C=O) groups is 2. The molecule has 27 heavy (non-hydrogen) atoms. The van der Waals surface area contributed by atoms with Crippen LogP contribution in [0.25, 0.3) is 10.8 Å². The lowest BCUT2D eigenvalue weighted by Gasteiger charge is -2.17. The topological polar surface area (TPSA) is 67.4 Å². The van der Waals surface area contributed by atoms with Gasteiger partial charge in [0.2, 0.25) is 5.91 Å². The molecule has 1 unspecified atom stereocenters. The van der Waals surface area contributed by atoms with Gasteiger partial charge < -0.3 is 15.4 Å². The van der Waals surface area contributed by atoms with Crippen LogP contribution in [0, 0.1) is 0 Å². The summed E-state index contributed by atoms with van der Waals surface area (Å²) in [6.07, 6.45) is 0. The van der Waals surface area contributed by atoms with Crippen molar-refractivity contribution in [3.63, 3.8) is 0 Å². The second-order valence-electron chi connectivity index (χ2n) is 6.28. The van der Waals surface area contributed by atoms with Crippen LogP contribution in [0.15, 0.2) is 66.7 Å². The summed E-state index contributed by atoms with van der Waals surface area (Å²) in [5.41, 5.74) is 1.41. The molecule has 0 heterocycles. The number of fused-ring (bicyclic) bond motifs is 1. The third-order valence-electron chi connectivity index (χ3n) is 4.40. The van der Waals surface area contributed by atoms with Crippen LogP contribution in [0.4, 0.5) is 0 Å². The van der Waals surface area contributed by atoms with Gasteiger partial charge in [-0.2, -0.15) is 0 Å². The number of carbonyl (C=O) groups excluding carboxylic acids is 2. The Bertz CT molecular complexity index is 968. The van der Waals surface area contributed by atoms with E-state index in [2.05, 4.69) is 10.6 Å². The minimum absolute atomic E-state index is 0.0921. The summed E-state index contributed by atoms with van der Waals surface area (Å²) in [6.45, 7) is 1.78. The van der Waals surface area contributed by atoms with Gasteiger partial charge in [0, 0.05) is 11.1 Å². The van der Waals surface area contributed by atoms with Crippen molar-refractivity contribution in [2.45, 2.75) is 13.0 Å². The number of amides is 2. The fraction of sp³-hybridized carbons (Fsp3) is 0.182. The van der Waals surface area contributed by atoms with Crippen LogP contribution in [-0.4, -0.2) is 25.5 Å². The molecule has 0 bridgehead atoms. The summed E-state index contributed by atoms with van der Waals surface area (Å²) < 4.78 is 5.32. The van der Waals surface area contributed by atoms with Crippen molar-refractivity contribution in [3.05, 3.63) is 77.9 Å². The number of para-hydroxylation sites is 1. The minimum Gasteiger partial charge on any atom is -0.496 e. The smallest absolute Gasteiger partial charge is 0.251 e. The second-order valence-corrected chi connectivity index (χ2v) is 6.28. The van der Waals surface area contributed by atoms with Crippen molar-refractivity contribution in [1.82, 2.24) is 10.6 Å². The molecule has 0 saturated carbocycles. The quantitative estimate of drug-likeness (QED) is 0.706. The van der Waals surface area contributed by atoms with Crippen molar-refractivity contribution < 1.29 is 14.3 Å². The van der Waals surface area contributed by atoms with E-state index in [9.17, 15) is 9.59 Å². The Morgan fingerprint density at radius 2 is 1.67 bits per heavy atom. The van der Waals surface area contributed by atoms with Gasteiger partial charge in [0.25, 0.3) is 5.91 Å². The lowest BCUT2D eigenvalue weighted by molar-refractivity contribution is -0.120. The zero-order chi connectivity index (χ0) is 19.2. The van der Waals surface area contributed by atoms with E-state index in [0.717, 1.165) is 16.3 Å². The first-order valence-corrected chi connectivity index (χ1v) is 8.78. The Hall–Kier alpha value is -3.34. The van der Waals surface area contributed by atoms with Crippen molar-refractivity contribution >= 4 is 22.6 Å². The van der Waals surface area contributed by atoms with E-state index < -0.39 is 0 Å². The average Bonchev–Trinajstić information content (AvgIpc) is 2.71. The zero-order valence-corrected chi connectivity index (χ0v) is 15.4. The molecule has 5 heteroatoms. The van der Waals surface area contributed by atoms with Gasteiger partial charge in [-0.15, -0.1) is 0 Å². The summed E-state index contributed by atoms with van der Waals surface area (Å²) in [6, 6.07) is 20.6. The molecule has 3 aromatic carbocycles. The van der Waals surface area contributed by atoms with Gasteiger partial charge in [-0.25, -0.2) is 0 Å². The second kappa shape index (κ2) is 8.36. The Labute approximate surface area is 158 Å². The molecule has 0 fully saturated rings. The van der Waals surface area contributed by atoms with Gasteiger partial charge in [-0.05, 0) is 35.9 Å². The highest BCUT2D eigenvalue weighted by Gasteiger charge is 2.14. The predicted octanol–water partition coefficient (Wildman–Crippen LogP) is 3.46. The zero-order valence-electron chi connectivity index (χ0n) is 15.4. The normalized spacial score (nSPS) is 11.6. The van der Waals surface area contributed by atoms with Crippen LogP contribution in [-0.2, 0) is 4.79 Å². The summed E-state index contributed by atoms with van der Waals surface area (Å²) in [5, 5.41) is 7.59. The highest BCUT2D eigenvalue weighted by molar-refractivity contribution is 6.00. The Kier molecular flexibility index (Phi) is 5.71. The molecule has 0 saturated heterocycles. The molecule has 138 valence electrons. The number of benzene rings is 3. The fourth-order valence-electron chi connectivity index (χ4n) is 2.99. The molecular formula is C22H22N2O3. The van der Waals surface area contributed by atoms with Crippen LogP contribution in [0.5, 0.6) is 5.75 Å². The van der Waals surface area contributed by atoms with E-state index >= 15 is 0 Å². The number of nitrogens with one attached hydrogen (secondary N) is 2. The molecule has 5 nitrogen and oxygen atoms in total. The summed E-state index contributed by atoms with van der Waals surface area (Å²) in [5.74, 6) is 0.175. The Balaban J connectivity index is 1.58. The standard InChI is InChI=1S/C22H22N2O3/c1-15(19-9-5-6-10-20(19)27-2)24-21(25)14-23-22(26)18-12-11-16-7-3-4-8-17(16)13-18/h3-13,15H,14H2,1-2H3,(H,23,26)(H,24,25). The van der Waals surface area contributed by atoms with Gasteiger partial charge >= 0.3 is 0 Å². The number of ether oxygens (including phenoxy) is 1. The van der Waals surface area contributed by atoms with Crippen molar-refractivity contribution in [1.29, 1.82) is 0 Å². The molecule has 0 aliphatic rings. The molecule has 0 spiro atoms. The molecule has 0 aliphatic heterocycles. The van der Waals surface area contributed by atoms with Gasteiger partial charge in [0.15, 0.2) is 0 Å². The van der Waals surface area contributed by atoms with Gasteiger partial charge in [0.05, 0.1) is 19.7 Å². The Morgan fingerprint density at radius 3 is 2.44 bits per heavy atom. The SMILES string of the molecule is COc1ccccc1C(C)NC(=O)CNC(=O)c1ccc2ccccc2c1. The van der Waals surface area contributed by atoms with Crippen LogP contribution in [0.1, 0.15) is 28.9 Å². The van der Waals surface area contributed by atoms with Gasteiger partial charge in [-0.1, -0.05) is 48.5 Å². The van der Waals surface area contributed by atoms with E-state index in [-0.39, 0.29) is 24.4 Å². The fourth-order valence-corrected chi connectivity index (χ4v) is 2.99.